The van der Waals surface area contributed by atoms with E-state index >= 15 is 0 Å². The molecule has 0 unspecified atom stereocenters. The summed E-state index contributed by atoms with van der Waals surface area (Å²) < 4.78 is 29.2. The molecule has 0 aliphatic carbocycles. The zero-order valence-corrected chi connectivity index (χ0v) is 16.4. The average molecular weight is 444 g/mol. The molecule has 6 nitrogen and oxygen atoms in total. The molecular formula is C20H15BrFN3O3. The van der Waals surface area contributed by atoms with Crippen molar-refractivity contribution in [3.05, 3.63) is 70.0 Å². The molecule has 0 radical (unpaired) electrons. The molecule has 0 aliphatic heterocycles. The van der Waals surface area contributed by atoms with Gasteiger partial charge in [0.2, 0.25) is 12.7 Å². The molecule has 0 saturated carbocycles. The van der Waals surface area contributed by atoms with Gasteiger partial charge >= 0.3 is 5.89 Å². The Kier molecular flexibility index (Phi) is 5.21. The molecular weight excluding hydrogens is 429 g/mol. The number of halogens is 2. The standard InChI is InChI=1S/C20H15BrFN3O3/c1-12-17(10-13-3-2-4-15(21)9-13)27-19(23-12)20-24-18(25-28-20)14-5-7-16(8-6-14)26-11-22/h2-9H,10-11H2,1H3. The molecule has 4 aromatic rings. The number of rotatable bonds is 6. The van der Waals surface area contributed by atoms with E-state index < -0.39 is 6.86 Å². The third-order valence-corrected chi connectivity index (χ3v) is 4.58. The summed E-state index contributed by atoms with van der Waals surface area (Å²) in [5.41, 5.74) is 2.57. The van der Waals surface area contributed by atoms with Crippen molar-refractivity contribution in [2.24, 2.45) is 0 Å². The van der Waals surface area contributed by atoms with Crippen LogP contribution in [0.2, 0.25) is 0 Å². The molecule has 0 aliphatic rings. The van der Waals surface area contributed by atoms with Crippen LogP contribution < -0.4 is 4.74 Å². The van der Waals surface area contributed by atoms with Crippen LogP contribution in [-0.2, 0) is 6.42 Å². The summed E-state index contributed by atoms with van der Waals surface area (Å²) in [7, 11) is 0. The summed E-state index contributed by atoms with van der Waals surface area (Å²) >= 11 is 3.47. The maximum Gasteiger partial charge on any atom is 0.314 e. The quantitative estimate of drug-likeness (QED) is 0.399. The van der Waals surface area contributed by atoms with Gasteiger partial charge in [-0.3, -0.25) is 0 Å². The van der Waals surface area contributed by atoms with E-state index in [9.17, 15) is 4.39 Å². The van der Waals surface area contributed by atoms with Crippen LogP contribution in [0.5, 0.6) is 5.75 Å². The first-order valence-corrected chi connectivity index (χ1v) is 9.25. The summed E-state index contributed by atoms with van der Waals surface area (Å²) in [6.45, 7) is 0.999. The number of aromatic nitrogens is 3. The van der Waals surface area contributed by atoms with Crippen molar-refractivity contribution in [2.75, 3.05) is 6.86 Å². The van der Waals surface area contributed by atoms with E-state index in [1.54, 1.807) is 24.3 Å². The molecule has 0 atom stereocenters. The second-order valence-electron chi connectivity index (χ2n) is 6.04. The van der Waals surface area contributed by atoms with Gasteiger partial charge < -0.3 is 13.7 Å². The minimum atomic E-state index is -0.877. The summed E-state index contributed by atoms with van der Waals surface area (Å²) in [5, 5.41) is 3.97. The zero-order chi connectivity index (χ0) is 19.5. The van der Waals surface area contributed by atoms with Gasteiger partial charge in [0.05, 0.1) is 5.69 Å². The highest BCUT2D eigenvalue weighted by molar-refractivity contribution is 9.10. The SMILES string of the molecule is Cc1nc(-c2nc(-c3ccc(OCF)cc3)no2)oc1Cc1cccc(Br)c1. The van der Waals surface area contributed by atoms with Crippen LogP contribution in [0.25, 0.3) is 23.2 Å². The van der Waals surface area contributed by atoms with Crippen LogP contribution in [0.15, 0.2) is 61.9 Å². The number of hydrogen-bond donors (Lipinski definition) is 0. The fraction of sp³-hybridized carbons (Fsp3) is 0.150. The number of benzene rings is 2. The van der Waals surface area contributed by atoms with E-state index in [0.29, 0.717) is 23.6 Å². The van der Waals surface area contributed by atoms with Crippen LogP contribution in [0.4, 0.5) is 4.39 Å². The molecule has 2 aromatic carbocycles. The summed E-state index contributed by atoms with van der Waals surface area (Å²) in [6, 6.07) is 14.7. The van der Waals surface area contributed by atoms with Crippen molar-refractivity contribution < 1.29 is 18.1 Å². The normalized spacial score (nSPS) is 11.0. The largest absolute Gasteiger partial charge is 0.463 e. The minimum Gasteiger partial charge on any atom is -0.463 e. The Hall–Kier alpha value is -3.00. The Balaban J connectivity index is 1.55. The van der Waals surface area contributed by atoms with Gasteiger partial charge in [-0.05, 0) is 48.9 Å². The average Bonchev–Trinajstić information content (AvgIpc) is 3.30. The number of aryl methyl sites for hydroxylation is 1. The topological polar surface area (TPSA) is 74.2 Å². The van der Waals surface area contributed by atoms with E-state index in [2.05, 4.69) is 31.1 Å². The van der Waals surface area contributed by atoms with E-state index in [-0.39, 0.29) is 11.8 Å². The number of nitrogens with zero attached hydrogens (tertiary/aromatic N) is 3. The van der Waals surface area contributed by atoms with E-state index in [1.807, 2.05) is 31.2 Å². The van der Waals surface area contributed by atoms with Gasteiger partial charge in [-0.2, -0.15) is 4.98 Å². The Morgan fingerprint density at radius 3 is 2.64 bits per heavy atom. The Morgan fingerprint density at radius 2 is 1.89 bits per heavy atom. The first kappa shape index (κ1) is 18.4. The summed E-state index contributed by atoms with van der Waals surface area (Å²) in [5.74, 6) is 2.02. The van der Waals surface area contributed by atoms with Gasteiger partial charge in [0.1, 0.15) is 11.5 Å². The molecule has 0 fully saturated rings. The van der Waals surface area contributed by atoms with Crippen LogP contribution in [0, 0.1) is 6.92 Å². The van der Waals surface area contributed by atoms with Gasteiger partial charge in [-0.25, -0.2) is 9.37 Å². The highest BCUT2D eigenvalue weighted by atomic mass is 79.9. The van der Waals surface area contributed by atoms with Crippen LogP contribution in [0.3, 0.4) is 0 Å². The number of ether oxygens (including phenoxy) is 1. The number of hydrogen-bond acceptors (Lipinski definition) is 6. The molecule has 142 valence electrons. The van der Waals surface area contributed by atoms with Crippen molar-refractivity contribution in [2.45, 2.75) is 13.3 Å². The molecule has 0 N–H and O–H groups in total. The second-order valence-corrected chi connectivity index (χ2v) is 6.95. The smallest absolute Gasteiger partial charge is 0.314 e. The molecule has 2 aromatic heterocycles. The van der Waals surface area contributed by atoms with Gasteiger partial charge in [0.25, 0.3) is 5.89 Å². The Bertz CT molecular complexity index is 1090. The molecule has 4 rings (SSSR count). The second kappa shape index (κ2) is 7.93. The lowest BCUT2D eigenvalue weighted by atomic mass is 10.1. The van der Waals surface area contributed by atoms with Gasteiger partial charge in [0.15, 0.2) is 0 Å². The Labute approximate surface area is 168 Å². The van der Waals surface area contributed by atoms with Crippen molar-refractivity contribution >= 4 is 15.9 Å². The molecule has 0 amide bonds. The maximum absolute atomic E-state index is 12.2. The molecule has 0 saturated heterocycles. The van der Waals surface area contributed by atoms with E-state index in [4.69, 9.17) is 13.7 Å². The fourth-order valence-corrected chi connectivity index (χ4v) is 3.15. The third kappa shape index (κ3) is 3.96. The zero-order valence-electron chi connectivity index (χ0n) is 14.9. The van der Waals surface area contributed by atoms with Gasteiger partial charge in [0, 0.05) is 16.5 Å². The maximum atomic E-state index is 12.2. The van der Waals surface area contributed by atoms with Crippen LogP contribution in [-0.4, -0.2) is 22.0 Å². The lowest BCUT2D eigenvalue weighted by molar-refractivity contribution is 0.192. The van der Waals surface area contributed by atoms with Crippen LogP contribution >= 0.6 is 15.9 Å². The van der Waals surface area contributed by atoms with E-state index in [1.165, 1.54) is 0 Å². The lowest BCUT2D eigenvalue weighted by Gasteiger charge is -2.00. The first-order chi connectivity index (χ1) is 13.6. The third-order valence-electron chi connectivity index (χ3n) is 4.09. The number of oxazole rings is 1. The first-order valence-electron chi connectivity index (χ1n) is 8.46. The van der Waals surface area contributed by atoms with Gasteiger partial charge in [-0.15, -0.1) is 0 Å². The fourth-order valence-electron chi connectivity index (χ4n) is 2.71. The minimum absolute atomic E-state index is 0.197. The van der Waals surface area contributed by atoms with Crippen molar-refractivity contribution in [1.29, 1.82) is 0 Å². The summed E-state index contributed by atoms with van der Waals surface area (Å²) in [4.78, 5) is 8.75. The predicted octanol–water partition coefficient (Wildman–Crippen LogP) is 5.36. The highest BCUT2D eigenvalue weighted by Crippen LogP contribution is 2.26. The Morgan fingerprint density at radius 1 is 1.07 bits per heavy atom. The number of alkyl halides is 1. The van der Waals surface area contributed by atoms with Gasteiger partial charge in [-0.1, -0.05) is 33.2 Å². The molecule has 28 heavy (non-hydrogen) atoms. The molecule has 0 bridgehead atoms. The van der Waals surface area contributed by atoms with Crippen molar-refractivity contribution in [3.8, 4) is 28.9 Å². The molecule has 0 spiro atoms. The molecule has 2 heterocycles. The van der Waals surface area contributed by atoms with Crippen LogP contribution in [0.1, 0.15) is 17.0 Å². The predicted molar refractivity (Wildman–Crippen MR) is 104 cm³/mol. The monoisotopic (exact) mass is 443 g/mol. The van der Waals surface area contributed by atoms with Crippen molar-refractivity contribution in [3.63, 3.8) is 0 Å². The van der Waals surface area contributed by atoms with Crippen molar-refractivity contribution in [1.82, 2.24) is 15.1 Å². The lowest BCUT2D eigenvalue weighted by Crippen LogP contribution is -1.89. The molecule has 8 heteroatoms. The highest BCUT2D eigenvalue weighted by Gasteiger charge is 2.18. The summed E-state index contributed by atoms with van der Waals surface area (Å²) in [6.07, 6.45) is 0.606. The van der Waals surface area contributed by atoms with E-state index in [0.717, 1.165) is 21.5 Å².